The van der Waals surface area contributed by atoms with E-state index < -0.39 is 5.60 Å². The van der Waals surface area contributed by atoms with Crippen molar-refractivity contribution in [3.8, 4) is 0 Å². The van der Waals surface area contributed by atoms with Gasteiger partial charge in [-0.05, 0) is 56.0 Å². The number of benzene rings is 1. The second-order valence-electron chi connectivity index (χ2n) is 8.21. The highest BCUT2D eigenvalue weighted by atomic mass is 35.5. The molecule has 1 aromatic rings. The number of thioether (sulfide) groups is 1. The number of piperazine rings is 1. The number of allylic oxidation sites excluding steroid dienone is 4. The van der Waals surface area contributed by atoms with Gasteiger partial charge in [0.15, 0.2) is 0 Å². The van der Waals surface area contributed by atoms with Crippen molar-refractivity contribution >= 4 is 40.9 Å². The van der Waals surface area contributed by atoms with Crippen LogP contribution in [0, 0.1) is 0 Å². The third kappa shape index (κ3) is 7.39. The average molecular weight is 509 g/mol. The van der Waals surface area contributed by atoms with E-state index in [4.69, 9.17) is 27.9 Å². The molecule has 33 heavy (non-hydrogen) atoms. The highest BCUT2D eigenvalue weighted by Gasteiger charge is 2.24. The Kier molecular flexibility index (Phi) is 9.53. The molecule has 1 unspecified atom stereocenters. The van der Waals surface area contributed by atoms with E-state index in [1.807, 2.05) is 25.1 Å². The van der Waals surface area contributed by atoms with Crippen molar-refractivity contribution in [2.24, 2.45) is 0 Å². The molecular formula is C25H31Cl2N3O2S. The lowest BCUT2D eigenvalue weighted by Crippen LogP contribution is -2.43. The number of hydrogen-bond donors (Lipinski definition) is 1. The van der Waals surface area contributed by atoms with Gasteiger partial charge in [0.1, 0.15) is 5.60 Å². The molecule has 4 rings (SSSR count). The van der Waals surface area contributed by atoms with Crippen LogP contribution in [0.5, 0.6) is 0 Å². The number of halogens is 2. The van der Waals surface area contributed by atoms with E-state index in [1.165, 1.54) is 0 Å². The van der Waals surface area contributed by atoms with Gasteiger partial charge < -0.3 is 19.9 Å². The summed E-state index contributed by atoms with van der Waals surface area (Å²) in [5, 5.41) is 4.14. The summed E-state index contributed by atoms with van der Waals surface area (Å²) in [5.74, 6) is 0.946. The molecule has 0 spiro atoms. The molecule has 0 aromatic heterocycles. The first-order valence-electron chi connectivity index (χ1n) is 11.0. The van der Waals surface area contributed by atoms with Crippen molar-refractivity contribution in [2.45, 2.75) is 12.5 Å². The van der Waals surface area contributed by atoms with Gasteiger partial charge in [-0.2, -0.15) is 0 Å². The van der Waals surface area contributed by atoms with Crippen LogP contribution in [0.4, 0.5) is 0 Å². The molecule has 1 atom stereocenters. The molecule has 5 nitrogen and oxygen atoms in total. The Labute approximate surface area is 211 Å². The first kappa shape index (κ1) is 25.9. The summed E-state index contributed by atoms with van der Waals surface area (Å²) >= 11 is 12.8. The lowest BCUT2D eigenvalue weighted by molar-refractivity contribution is -0.116. The maximum absolute atomic E-state index is 12.2. The molecule has 1 aliphatic carbocycles. The molecule has 0 saturated carbocycles. The van der Waals surface area contributed by atoms with Crippen LogP contribution in [0.3, 0.4) is 0 Å². The van der Waals surface area contributed by atoms with Crippen LogP contribution in [-0.2, 0) is 9.53 Å². The van der Waals surface area contributed by atoms with Crippen molar-refractivity contribution < 1.29 is 9.53 Å². The van der Waals surface area contributed by atoms with Crippen LogP contribution in [0.15, 0.2) is 70.8 Å². The lowest BCUT2D eigenvalue weighted by Gasteiger charge is -2.35. The third-order valence-electron chi connectivity index (χ3n) is 5.73. The van der Waals surface area contributed by atoms with Gasteiger partial charge in [0.2, 0.25) is 0 Å². The van der Waals surface area contributed by atoms with Crippen molar-refractivity contribution in [1.82, 2.24) is 15.1 Å². The topological polar surface area (TPSA) is 44.8 Å². The van der Waals surface area contributed by atoms with E-state index in [0.29, 0.717) is 10.0 Å². The van der Waals surface area contributed by atoms with Gasteiger partial charge in [0, 0.05) is 51.3 Å². The van der Waals surface area contributed by atoms with Gasteiger partial charge in [-0.15, -0.1) is 11.8 Å². The maximum atomic E-state index is 12.2. The molecule has 8 heteroatoms. The Hall–Kier alpha value is -1.70. The highest BCUT2D eigenvalue weighted by molar-refractivity contribution is 8.04. The normalized spacial score (nSPS) is 24.9. The highest BCUT2D eigenvalue weighted by Crippen LogP contribution is 2.28. The summed E-state index contributed by atoms with van der Waals surface area (Å²) in [6.07, 6.45) is 10.4. The van der Waals surface area contributed by atoms with Crippen molar-refractivity contribution in [2.75, 3.05) is 52.6 Å². The fraction of sp³-hybridized carbons (Fsp3) is 0.400. The molecule has 1 amide bonds. The summed E-state index contributed by atoms with van der Waals surface area (Å²) in [6, 6.07) is 7.19. The molecule has 1 N–H and O–H groups in total. The van der Waals surface area contributed by atoms with Crippen LogP contribution < -0.4 is 5.32 Å². The zero-order valence-electron chi connectivity index (χ0n) is 19.3. The van der Waals surface area contributed by atoms with E-state index in [0.717, 1.165) is 54.7 Å². The second-order valence-corrected chi connectivity index (χ2v) is 10.2. The minimum absolute atomic E-state index is 0.0256. The van der Waals surface area contributed by atoms with Gasteiger partial charge in [0.05, 0.1) is 15.0 Å². The number of rotatable bonds is 3. The standard InChI is InChI=1S/C19H27N3O2S.C6H4Cl2/c1-19(24-3)6-4-15(14-17-18(23)20-8-13-25-17)16(5-7-19)22-11-9-21(2)10-12-22;7-5-3-1-2-4-6(5)8/h4-7,14H,8-13H2,1-3H3,(H,20,23);1-4H/b17-14-;. The lowest BCUT2D eigenvalue weighted by atomic mass is 10.1. The first-order valence-corrected chi connectivity index (χ1v) is 12.7. The number of amides is 1. The van der Waals surface area contributed by atoms with Crippen LogP contribution >= 0.6 is 35.0 Å². The molecular weight excluding hydrogens is 477 g/mol. The number of carbonyl (C=O) groups is 1. The van der Waals surface area contributed by atoms with Gasteiger partial charge in [0.25, 0.3) is 5.91 Å². The van der Waals surface area contributed by atoms with Crippen LogP contribution in [0.25, 0.3) is 0 Å². The van der Waals surface area contributed by atoms with Gasteiger partial charge >= 0.3 is 0 Å². The van der Waals surface area contributed by atoms with Crippen molar-refractivity contribution in [3.05, 3.63) is 80.9 Å². The zero-order valence-corrected chi connectivity index (χ0v) is 21.6. The fourth-order valence-electron chi connectivity index (χ4n) is 3.50. The van der Waals surface area contributed by atoms with Gasteiger partial charge in [-0.1, -0.05) is 41.4 Å². The SMILES string of the molecule is COC1(C)C=CC(/C=C2\SCCNC2=O)=C(N2CCN(C)CC2)C=C1.Clc1ccccc1Cl. The minimum Gasteiger partial charge on any atom is -0.370 e. The Morgan fingerprint density at radius 1 is 1.09 bits per heavy atom. The second kappa shape index (κ2) is 12.1. The van der Waals surface area contributed by atoms with Gasteiger partial charge in [-0.25, -0.2) is 0 Å². The molecule has 0 bridgehead atoms. The summed E-state index contributed by atoms with van der Waals surface area (Å²) in [5.41, 5.74) is 1.80. The van der Waals surface area contributed by atoms with Crippen LogP contribution in [-0.4, -0.2) is 73.9 Å². The van der Waals surface area contributed by atoms with Crippen molar-refractivity contribution in [1.29, 1.82) is 0 Å². The molecule has 0 radical (unpaired) electrons. The predicted molar refractivity (Wildman–Crippen MR) is 140 cm³/mol. The third-order valence-corrected chi connectivity index (χ3v) is 7.50. The monoisotopic (exact) mass is 507 g/mol. The molecule has 2 fully saturated rings. The summed E-state index contributed by atoms with van der Waals surface area (Å²) in [7, 11) is 3.88. The summed E-state index contributed by atoms with van der Waals surface area (Å²) in [4.78, 5) is 17.7. The Balaban J connectivity index is 0.000000323. The fourth-order valence-corrected chi connectivity index (χ4v) is 4.61. The first-order chi connectivity index (χ1) is 15.8. The number of hydrogen-bond acceptors (Lipinski definition) is 5. The van der Waals surface area contributed by atoms with Crippen LogP contribution in [0.1, 0.15) is 6.92 Å². The Morgan fingerprint density at radius 3 is 2.30 bits per heavy atom. The summed E-state index contributed by atoms with van der Waals surface area (Å²) in [6.45, 7) is 6.84. The van der Waals surface area contributed by atoms with E-state index in [2.05, 4.69) is 46.5 Å². The molecule has 2 heterocycles. The zero-order chi connectivity index (χ0) is 23.8. The molecule has 2 saturated heterocycles. The van der Waals surface area contributed by atoms with Gasteiger partial charge in [-0.3, -0.25) is 4.79 Å². The number of likely N-dealkylation sites (N-methyl/N-ethyl adjacent to an activating group) is 1. The average Bonchev–Trinajstić information content (AvgIpc) is 2.98. The summed E-state index contributed by atoms with van der Waals surface area (Å²) < 4.78 is 5.64. The van der Waals surface area contributed by atoms with E-state index in [1.54, 1.807) is 31.0 Å². The number of ether oxygens (including phenoxy) is 1. The molecule has 2 aliphatic heterocycles. The molecule has 178 valence electrons. The number of carbonyl (C=O) groups excluding carboxylic acids is 1. The van der Waals surface area contributed by atoms with Crippen LogP contribution in [0.2, 0.25) is 10.0 Å². The maximum Gasteiger partial charge on any atom is 0.257 e. The smallest absolute Gasteiger partial charge is 0.257 e. The Bertz CT molecular complexity index is 947. The van der Waals surface area contributed by atoms with Crippen molar-refractivity contribution in [3.63, 3.8) is 0 Å². The van der Waals surface area contributed by atoms with E-state index >= 15 is 0 Å². The number of nitrogens with one attached hydrogen (secondary N) is 1. The van der Waals surface area contributed by atoms with E-state index in [9.17, 15) is 4.79 Å². The number of methoxy groups -OCH3 is 1. The minimum atomic E-state index is -0.431. The quantitative estimate of drug-likeness (QED) is 0.597. The number of nitrogens with zero attached hydrogens (tertiary/aromatic N) is 2. The predicted octanol–water partition coefficient (Wildman–Crippen LogP) is 4.76. The largest absolute Gasteiger partial charge is 0.370 e. The molecule has 3 aliphatic rings. The van der Waals surface area contributed by atoms with E-state index in [-0.39, 0.29) is 5.91 Å². The Morgan fingerprint density at radius 2 is 1.73 bits per heavy atom. The molecule has 1 aromatic carbocycles.